The Bertz CT molecular complexity index is 182. The van der Waals surface area contributed by atoms with Crippen LogP contribution in [0.2, 0.25) is 0 Å². The summed E-state index contributed by atoms with van der Waals surface area (Å²) in [7, 11) is 0. The topological polar surface area (TPSA) is 21.3 Å². The van der Waals surface area contributed by atoms with Gasteiger partial charge in [0.1, 0.15) is 6.61 Å². The zero-order valence-corrected chi connectivity index (χ0v) is 10.8. The highest BCUT2D eigenvalue weighted by molar-refractivity contribution is 4.76. The monoisotopic (exact) mass is 249 g/mol. The van der Waals surface area contributed by atoms with Crippen molar-refractivity contribution in [2.75, 3.05) is 19.8 Å². The highest BCUT2D eigenvalue weighted by Crippen LogP contribution is 2.27. The molecule has 1 saturated carbocycles. The second kappa shape index (κ2) is 8.81. The van der Waals surface area contributed by atoms with E-state index in [9.17, 15) is 8.78 Å². The Balaban J connectivity index is 1.95. The lowest BCUT2D eigenvalue weighted by Gasteiger charge is -2.29. The van der Waals surface area contributed by atoms with Gasteiger partial charge in [0, 0.05) is 12.6 Å². The minimum absolute atomic E-state index is 0.388. The van der Waals surface area contributed by atoms with Gasteiger partial charge in [0.25, 0.3) is 6.43 Å². The molecule has 0 aliphatic heterocycles. The van der Waals surface area contributed by atoms with E-state index in [0.29, 0.717) is 19.2 Å². The molecule has 0 unspecified atom stereocenters. The molecule has 0 bridgehead atoms. The molecule has 1 aliphatic rings. The molecule has 0 saturated heterocycles. The molecule has 0 aromatic rings. The molecule has 1 aliphatic carbocycles. The lowest BCUT2D eigenvalue weighted by molar-refractivity contribution is 0.0178. The number of nitrogens with one attached hydrogen (secondary N) is 1. The third-order valence-corrected chi connectivity index (χ3v) is 3.47. The Morgan fingerprint density at radius 2 is 1.94 bits per heavy atom. The minimum atomic E-state index is -2.35. The van der Waals surface area contributed by atoms with Gasteiger partial charge in [0.05, 0.1) is 6.61 Å². The summed E-state index contributed by atoms with van der Waals surface area (Å²) in [6.45, 7) is 2.88. The Hall–Kier alpha value is -0.220. The first kappa shape index (κ1) is 14.8. The standard InChI is InChI=1S/C13H25F2NO/c1-2-3-11-4-6-12(7-5-11)16-8-9-17-10-13(14)15/h11-13,16H,2-10H2,1H3. The molecule has 0 aromatic carbocycles. The summed E-state index contributed by atoms with van der Waals surface area (Å²) >= 11 is 0. The predicted octanol–water partition coefficient (Wildman–Crippen LogP) is 3.22. The summed E-state index contributed by atoms with van der Waals surface area (Å²) in [6.07, 6.45) is 5.35. The molecule has 0 atom stereocenters. The molecule has 102 valence electrons. The molecule has 1 fully saturated rings. The Labute approximate surface area is 103 Å². The van der Waals surface area contributed by atoms with Gasteiger partial charge in [0.2, 0.25) is 0 Å². The summed E-state index contributed by atoms with van der Waals surface area (Å²) in [4.78, 5) is 0. The van der Waals surface area contributed by atoms with E-state index >= 15 is 0 Å². The largest absolute Gasteiger partial charge is 0.374 e. The molecule has 0 heterocycles. The summed E-state index contributed by atoms with van der Waals surface area (Å²) in [6, 6.07) is 0.568. The van der Waals surface area contributed by atoms with Crippen LogP contribution in [0.4, 0.5) is 8.78 Å². The molecular formula is C13H25F2NO. The molecule has 0 amide bonds. The van der Waals surface area contributed by atoms with E-state index in [2.05, 4.69) is 12.2 Å². The number of hydrogen-bond acceptors (Lipinski definition) is 2. The molecule has 0 aromatic heterocycles. The summed E-state index contributed by atoms with van der Waals surface area (Å²) < 4.78 is 28.4. The van der Waals surface area contributed by atoms with Crippen molar-refractivity contribution in [1.29, 1.82) is 0 Å². The van der Waals surface area contributed by atoms with E-state index in [1.165, 1.54) is 38.5 Å². The highest BCUT2D eigenvalue weighted by Gasteiger charge is 2.19. The SMILES string of the molecule is CCCC1CCC(NCCOCC(F)F)CC1. The molecular weight excluding hydrogens is 224 g/mol. The lowest BCUT2D eigenvalue weighted by Crippen LogP contribution is -2.35. The minimum Gasteiger partial charge on any atom is -0.374 e. The summed E-state index contributed by atoms with van der Waals surface area (Å²) in [5.74, 6) is 0.910. The van der Waals surface area contributed by atoms with Crippen LogP contribution in [0.1, 0.15) is 45.4 Å². The van der Waals surface area contributed by atoms with Gasteiger partial charge in [-0.2, -0.15) is 0 Å². The zero-order chi connectivity index (χ0) is 12.5. The van der Waals surface area contributed by atoms with E-state index in [1.807, 2.05) is 0 Å². The van der Waals surface area contributed by atoms with Crippen LogP contribution in [0.15, 0.2) is 0 Å². The number of rotatable bonds is 8. The van der Waals surface area contributed by atoms with Gasteiger partial charge in [-0.3, -0.25) is 0 Å². The van der Waals surface area contributed by atoms with Crippen molar-refractivity contribution in [2.24, 2.45) is 5.92 Å². The Kier molecular flexibility index (Phi) is 7.69. The lowest BCUT2D eigenvalue weighted by atomic mass is 9.83. The van der Waals surface area contributed by atoms with Gasteiger partial charge >= 0.3 is 0 Å². The van der Waals surface area contributed by atoms with Gasteiger partial charge in [-0.1, -0.05) is 19.8 Å². The molecule has 17 heavy (non-hydrogen) atoms. The number of halogens is 2. The molecule has 1 N–H and O–H groups in total. The first-order valence-electron chi connectivity index (χ1n) is 6.81. The molecule has 0 spiro atoms. The second-order valence-electron chi connectivity index (χ2n) is 4.93. The first-order chi connectivity index (χ1) is 8.22. The third kappa shape index (κ3) is 6.94. The Morgan fingerprint density at radius 1 is 1.24 bits per heavy atom. The van der Waals surface area contributed by atoms with Crippen LogP contribution in [0.25, 0.3) is 0 Å². The second-order valence-corrected chi connectivity index (χ2v) is 4.93. The normalized spacial score (nSPS) is 25.4. The number of ether oxygens (including phenoxy) is 1. The van der Waals surface area contributed by atoms with Crippen molar-refractivity contribution in [3.05, 3.63) is 0 Å². The van der Waals surface area contributed by atoms with Crippen molar-refractivity contribution in [1.82, 2.24) is 5.32 Å². The van der Waals surface area contributed by atoms with Crippen molar-refractivity contribution in [2.45, 2.75) is 57.9 Å². The van der Waals surface area contributed by atoms with E-state index in [-0.39, 0.29) is 0 Å². The number of hydrogen-bond donors (Lipinski definition) is 1. The maximum absolute atomic E-state index is 11.8. The fraction of sp³-hybridized carbons (Fsp3) is 1.00. The average Bonchev–Trinajstić information content (AvgIpc) is 2.31. The maximum atomic E-state index is 11.8. The van der Waals surface area contributed by atoms with Gasteiger partial charge in [-0.05, 0) is 31.6 Å². The van der Waals surface area contributed by atoms with Crippen LogP contribution in [-0.2, 0) is 4.74 Å². The molecule has 4 heteroatoms. The Morgan fingerprint density at radius 3 is 2.53 bits per heavy atom. The first-order valence-corrected chi connectivity index (χ1v) is 6.81. The molecule has 1 rings (SSSR count). The summed E-state index contributed by atoms with van der Waals surface area (Å²) in [5.41, 5.74) is 0. The predicted molar refractivity (Wildman–Crippen MR) is 65.5 cm³/mol. The smallest absolute Gasteiger partial charge is 0.261 e. The van der Waals surface area contributed by atoms with Gasteiger partial charge in [-0.25, -0.2) is 8.78 Å². The van der Waals surface area contributed by atoms with Crippen LogP contribution in [0.5, 0.6) is 0 Å². The number of alkyl halides is 2. The van der Waals surface area contributed by atoms with Gasteiger partial charge < -0.3 is 10.1 Å². The van der Waals surface area contributed by atoms with Crippen molar-refractivity contribution >= 4 is 0 Å². The fourth-order valence-electron chi connectivity index (χ4n) is 2.57. The van der Waals surface area contributed by atoms with E-state index in [0.717, 1.165) is 5.92 Å². The van der Waals surface area contributed by atoms with Crippen molar-refractivity contribution < 1.29 is 13.5 Å². The van der Waals surface area contributed by atoms with Crippen LogP contribution in [0.3, 0.4) is 0 Å². The zero-order valence-electron chi connectivity index (χ0n) is 10.8. The van der Waals surface area contributed by atoms with E-state index in [4.69, 9.17) is 4.74 Å². The van der Waals surface area contributed by atoms with Crippen molar-refractivity contribution in [3.8, 4) is 0 Å². The molecule has 0 radical (unpaired) electrons. The average molecular weight is 249 g/mol. The van der Waals surface area contributed by atoms with E-state index in [1.54, 1.807) is 0 Å². The highest BCUT2D eigenvalue weighted by atomic mass is 19.3. The molecule has 2 nitrogen and oxygen atoms in total. The fourth-order valence-corrected chi connectivity index (χ4v) is 2.57. The van der Waals surface area contributed by atoms with Crippen LogP contribution >= 0.6 is 0 Å². The van der Waals surface area contributed by atoms with Crippen LogP contribution < -0.4 is 5.32 Å². The summed E-state index contributed by atoms with van der Waals surface area (Å²) in [5, 5.41) is 3.39. The van der Waals surface area contributed by atoms with E-state index < -0.39 is 13.0 Å². The van der Waals surface area contributed by atoms with Gasteiger partial charge in [0.15, 0.2) is 0 Å². The van der Waals surface area contributed by atoms with Gasteiger partial charge in [-0.15, -0.1) is 0 Å². The maximum Gasteiger partial charge on any atom is 0.261 e. The third-order valence-electron chi connectivity index (χ3n) is 3.47. The van der Waals surface area contributed by atoms with Crippen LogP contribution in [-0.4, -0.2) is 32.2 Å². The van der Waals surface area contributed by atoms with Crippen LogP contribution in [0, 0.1) is 5.92 Å². The van der Waals surface area contributed by atoms with Crippen molar-refractivity contribution in [3.63, 3.8) is 0 Å². The quantitative estimate of drug-likeness (QED) is 0.667.